The molecule has 3 nitrogen and oxygen atoms in total. The van der Waals surface area contributed by atoms with Gasteiger partial charge in [0, 0.05) is 5.57 Å². The Hall–Kier alpha value is -1.56. The van der Waals surface area contributed by atoms with Gasteiger partial charge in [-0.2, -0.15) is 5.26 Å². The van der Waals surface area contributed by atoms with Crippen LogP contribution in [-0.2, 0) is 4.79 Å². The second-order valence-corrected chi connectivity index (χ2v) is 4.10. The highest BCUT2D eigenvalue weighted by atomic mass is 16.4. The molecule has 3 heteroatoms. The normalized spacial score (nSPS) is 29.1. The number of aliphatic carboxylic acids is 1. The topological polar surface area (TPSA) is 61.1 Å². The zero-order valence-corrected chi connectivity index (χ0v) is 8.32. The van der Waals surface area contributed by atoms with E-state index in [1.54, 1.807) is 6.08 Å². The lowest BCUT2D eigenvalue weighted by Gasteiger charge is -1.96. The first-order chi connectivity index (χ1) is 6.45. The summed E-state index contributed by atoms with van der Waals surface area (Å²) in [6.45, 7) is 7.28. The molecule has 0 heterocycles. The van der Waals surface area contributed by atoms with Crippen LogP contribution in [0.5, 0.6) is 0 Å². The van der Waals surface area contributed by atoms with Gasteiger partial charge in [-0.1, -0.05) is 32.6 Å². The summed E-state index contributed by atoms with van der Waals surface area (Å²) in [7, 11) is 0. The van der Waals surface area contributed by atoms with Crippen LogP contribution in [0.3, 0.4) is 0 Å². The molecule has 1 aliphatic rings. The standard InChI is InChI=1S/C11H13NO2/c1-4-7(6-12)5-8-9(10(13)14)11(8,2)3/h4-5,8-9H,1H2,2-3H3,(H,13,14). The molecular weight excluding hydrogens is 178 g/mol. The number of carbonyl (C=O) groups is 1. The van der Waals surface area contributed by atoms with Crippen molar-refractivity contribution in [1.29, 1.82) is 5.26 Å². The molecule has 2 atom stereocenters. The first-order valence-corrected chi connectivity index (χ1v) is 4.42. The van der Waals surface area contributed by atoms with Gasteiger partial charge < -0.3 is 5.11 Å². The molecule has 0 radical (unpaired) electrons. The Bertz CT molecular complexity index is 347. The molecule has 0 aromatic carbocycles. The molecule has 1 fully saturated rings. The molecule has 1 N–H and O–H groups in total. The number of carboxylic acid groups (broad SMARTS) is 1. The van der Waals surface area contributed by atoms with Crippen molar-refractivity contribution in [2.75, 3.05) is 0 Å². The van der Waals surface area contributed by atoms with E-state index in [0.29, 0.717) is 5.57 Å². The first-order valence-electron chi connectivity index (χ1n) is 4.42. The third-order valence-corrected chi connectivity index (χ3v) is 2.88. The fraction of sp³-hybridized carbons (Fsp3) is 0.455. The zero-order valence-electron chi connectivity index (χ0n) is 8.32. The largest absolute Gasteiger partial charge is 0.481 e. The van der Waals surface area contributed by atoms with Crippen molar-refractivity contribution in [3.63, 3.8) is 0 Å². The van der Waals surface area contributed by atoms with Gasteiger partial charge in [-0.05, 0) is 11.3 Å². The first kappa shape index (κ1) is 10.5. The van der Waals surface area contributed by atoms with E-state index >= 15 is 0 Å². The van der Waals surface area contributed by atoms with Crippen LogP contribution in [0.1, 0.15) is 13.8 Å². The molecular formula is C11H13NO2. The van der Waals surface area contributed by atoms with Crippen LogP contribution in [0, 0.1) is 28.6 Å². The second kappa shape index (κ2) is 3.30. The molecule has 0 aliphatic heterocycles. The predicted octanol–water partition coefficient (Wildman–Crippen LogP) is 1.98. The molecule has 0 aromatic rings. The van der Waals surface area contributed by atoms with Crippen LogP contribution in [0.25, 0.3) is 0 Å². The zero-order chi connectivity index (χ0) is 10.9. The Morgan fingerprint density at radius 2 is 2.21 bits per heavy atom. The van der Waals surface area contributed by atoms with Gasteiger partial charge in [0.05, 0.1) is 12.0 Å². The van der Waals surface area contributed by atoms with Crippen LogP contribution < -0.4 is 0 Å². The molecule has 0 aromatic heterocycles. The lowest BCUT2D eigenvalue weighted by atomic mass is 10.1. The maximum atomic E-state index is 10.8. The smallest absolute Gasteiger partial charge is 0.307 e. The van der Waals surface area contributed by atoms with Crippen LogP contribution in [-0.4, -0.2) is 11.1 Å². The summed E-state index contributed by atoms with van der Waals surface area (Å²) in [5.41, 5.74) is 0.212. The van der Waals surface area contributed by atoms with Gasteiger partial charge in [0.15, 0.2) is 0 Å². The number of carboxylic acids is 1. The minimum Gasteiger partial charge on any atom is -0.481 e. The molecule has 0 spiro atoms. The SMILES string of the molecule is C=CC(C#N)=CC1C(C(=O)O)C1(C)C. The van der Waals surface area contributed by atoms with Crippen molar-refractivity contribution in [2.24, 2.45) is 17.3 Å². The number of allylic oxidation sites excluding steroid dienone is 3. The van der Waals surface area contributed by atoms with E-state index in [0.717, 1.165) is 0 Å². The van der Waals surface area contributed by atoms with Gasteiger partial charge in [0.2, 0.25) is 0 Å². The Balaban J connectivity index is 2.85. The molecule has 0 bridgehead atoms. The van der Waals surface area contributed by atoms with Crippen LogP contribution in [0.2, 0.25) is 0 Å². The summed E-state index contributed by atoms with van der Waals surface area (Å²) in [4.78, 5) is 10.8. The van der Waals surface area contributed by atoms with E-state index in [1.165, 1.54) is 6.08 Å². The molecule has 0 amide bonds. The fourth-order valence-corrected chi connectivity index (χ4v) is 1.80. The van der Waals surface area contributed by atoms with E-state index in [2.05, 4.69) is 6.58 Å². The summed E-state index contributed by atoms with van der Waals surface area (Å²) >= 11 is 0. The van der Waals surface area contributed by atoms with Crippen LogP contribution >= 0.6 is 0 Å². The fourth-order valence-electron chi connectivity index (χ4n) is 1.80. The average molecular weight is 191 g/mol. The van der Waals surface area contributed by atoms with E-state index in [1.807, 2.05) is 19.9 Å². The van der Waals surface area contributed by atoms with E-state index in [4.69, 9.17) is 10.4 Å². The third-order valence-electron chi connectivity index (χ3n) is 2.88. The lowest BCUT2D eigenvalue weighted by Crippen LogP contribution is -2.03. The maximum Gasteiger partial charge on any atom is 0.307 e. The molecule has 74 valence electrons. The number of nitrogens with zero attached hydrogens (tertiary/aromatic N) is 1. The number of rotatable bonds is 3. The summed E-state index contributed by atoms with van der Waals surface area (Å²) < 4.78 is 0. The van der Waals surface area contributed by atoms with Crippen molar-refractivity contribution in [2.45, 2.75) is 13.8 Å². The van der Waals surface area contributed by atoms with Gasteiger partial charge >= 0.3 is 5.97 Å². The lowest BCUT2D eigenvalue weighted by molar-refractivity contribution is -0.139. The summed E-state index contributed by atoms with van der Waals surface area (Å²) in [6, 6.07) is 1.97. The minimum atomic E-state index is -0.794. The molecule has 2 unspecified atom stereocenters. The number of nitriles is 1. The van der Waals surface area contributed by atoms with Gasteiger partial charge in [0.1, 0.15) is 0 Å². The highest BCUT2D eigenvalue weighted by molar-refractivity contribution is 5.76. The molecule has 0 saturated heterocycles. The summed E-state index contributed by atoms with van der Waals surface area (Å²) in [5.74, 6) is -1.21. The van der Waals surface area contributed by atoms with Crippen molar-refractivity contribution >= 4 is 5.97 Å². The van der Waals surface area contributed by atoms with Crippen molar-refractivity contribution in [3.8, 4) is 6.07 Å². The quantitative estimate of drug-likeness (QED) is 0.548. The maximum absolute atomic E-state index is 10.8. The Kier molecular flexibility index (Phi) is 2.48. The molecule has 1 saturated carbocycles. The van der Waals surface area contributed by atoms with E-state index < -0.39 is 5.97 Å². The summed E-state index contributed by atoms with van der Waals surface area (Å²) in [6.07, 6.45) is 3.15. The number of hydrogen-bond donors (Lipinski definition) is 1. The van der Waals surface area contributed by atoms with Crippen LogP contribution in [0.4, 0.5) is 0 Å². The van der Waals surface area contributed by atoms with Gasteiger partial charge in [-0.25, -0.2) is 0 Å². The van der Waals surface area contributed by atoms with Crippen LogP contribution in [0.15, 0.2) is 24.3 Å². The second-order valence-electron chi connectivity index (χ2n) is 4.10. The highest BCUT2D eigenvalue weighted by Crippen LogP contribution is 2.59. The Morgan fingerprint density at radius 1 is 1.64 bits per heavy atom. The summed E-state index contributed by atoms with van der Waals surface area (Å²) in [5, 5.41) is 17.5. The van der Waals surface area contributed by atoms with E-state index in [-0.39, 0.29) is 17.3 Å². The number of hydrogen-bond acceptors (Lipinski definition) is 2. The molecule has 14 heavy (non-hydrogen) atoms. The molecule has 1 aliphatic carbocycles. The monoisotopic (exact) mass is 191 g/mol. The van der Waals surface area contributed by atoms with Crippen molar-refractivity contribution < 1.29 is 9.90 Å². The van der Waals surface area contributed by atoms with E-state index in [9.17, 15) is 4.79 Å². The highest BCUT2D eigenvalue weighted by Gasteiger charge is 2.60. The Labute approximate surface area is 83.4 Å². The molecule has 1 rings (SSSR count). The Morgan fingerprint density at radius 3 is 2.50 bits per heavy atom. The minimum absolute atomic E-state index is 0.0485. The van der Waals surface area contributed by atoms with Gasteiger partial charge in [-0.15, -0.1) is 0 Å². The van der Waals surface area contributed by atoms with Gasteiger partial charge in [0.25, 0.3) is 0 Å². The average Bonchev–Trinajstić information content (AvgIpc) is 2.63. The predicted molar refractivity (Wildman–Crippen MR) is 52.3 cm³/mol. The van der Waals surface area contributed by atoms with Gasteiger partial charge in [-0.3, -0.25) is 4.79 Å². The van der Waals surface area contributed by atoms with Crippen molar-refractivity contribution in [1.82, 2.24) is 0 Å². The third kappa shape index (κ3) is 1.56. The van der Waals surface area contributed by atoms with Crippen molar-refractivity contribution in [3.05, 3.63) is 24.3 Å².